The van der Waals surface area contributed by atoms with Gasteiger partial charge in [0.25, 0.3) is 0 Å². The molecule has 8 nitrogen and oxygen atoms in total. The van der Waals surface area contributed by atoms with Crippen molar-refractivity contribution in [1.29, 1.82) is 0 Å². The van der Waals surface area contributed by atoms with Gasteiger partial charge in [-0.15, -0.1) is 0 Å². The van der Waals surface area contributed by atoms with Gasteiger partial charge < -0.3 is 19.5 Å². The first-order valence-corrected chi connectivity index (χ1v) is 12.6. The average molecular weight is 447 g/mol. The topological polar surface area (TPSA) is 93.5 Å². The van der Waals surface area contributed by atoms with E-state index < -0.39 is 9.84 Å². The molecule has 0 unspecified atom stereocenters. The number of benzene rings is 1. The molecule has 1 N–H and O–H groups in total. The fourth-order valence-corrected chi connectivity index (χ4v) is 5.49. The molecule has 1 aliphatic heterocycles. The predicted molar refractivity (Wildman–Crippen MR) is 116 cm³/mol. The first kappa shape index (κ1) is 21.8. The molecular formula is C22H30N4O4S. The smallest absolute Gasteiger partial charge is 0.317 e. The number of urea groups is 1. The van der Waals surface area contributed by atoms with Crippen LogP contribution in [-0.4, -0.2) is 54.2 Å². The van der Waals surface area contributed by atoms with Crippen LogP contribution in [0.3, 0.4) is 0 Å². The lowest BCUT2D eigenvalue weighted by Gasteiger charge is -2.24. The molecule has 168 valence electrons. The molecule has 1 aromatic carbocycles. The monoisotopic (exact) mass is 446 g/mol. The van der Waals surface area contributed by atoms with Gasteiger partial charge in [-0.05, 0) is 38.2 Å². The summed E-state index contributed by atoms with van der Waals surface area (Å²) in [5, 5.41) is 2.91. The highest BCUT2D eigenvalue weighted by atomic mass is 32.2. The van der Waals surface area contributed by atoms with Gasteiger partial charge in [0.15, 0.2) is 0 Å². The van der Waals surface area contributed by atoms with Crippen LogP contribution in [-0.2, 0) is 33.4 Å². The highest BCUT2D eigenvalue weighted by Crippen LogP contribution is 2.29. The molecule has 2 aromatic rings. The Morgan fingerprint density at radius 1 is 1.26 bits per heavy atom. The van der Waals surface area contributed by atoms with Crippen molar-refractivity contribution in [2.75, 3.05) is 13.2 Å². The van der Waals surface area contributed by atoms with E-state index in [9.17, 15) is 13.2 Å². The lowest BCUT2D eigenvalue weighted by Crippen LogP contribution is -2.41. The molecule has 1 saturated carbocycles. The van der Waals surface area contributed by atoms with Gasteiger partial charge in [-0.1, -0.05) is 30.3 Å². The molecule has 1 saturated heterocycles. The molecule has 9 heteroatoms. The molecule has 2 fully saturated rings. The molecule has 31 heavy (non-hydrogen) atoms. The lowest BCUT2D eigenvalue weighted by molar-refractivity contribution is 0.0934. The van der Waals surface area contributed by atoms with Crippen LogP contribution in [0, 0.1) is 0 Å². The average Bonchev–Trinajstić information content (AvgIpc) is 3.29. The van der Waals surface area contributed by atoms with Crippen molar-refractivity contribution in [2.24, 2.45) is 0 Å². The standard InChI is InChI=1S/C22H30N4O4S/c1-2-23-21(27)25(18-10-11-18)14-19-13-24-22(26(19)15-20-9-6-12-30-20)31(28,29)16-17-7-4-3-5-8-17/h3-5,7-8,13,18,20H,2,6,9-12,14-16H2,1H3,(H,23,27)/t20-/m0/s1. The molecule has 1 aromatic heterocycles. The summed E-state index contributed by atoms with van der Waals surface area (Å²) >= 11 is 0. The summed E-state index contributed by atoms with van der Waals surface area (Å²) in [6.07, 6.45) is 5.35. The normalized spacial score (nSPS) is 18.8. The summed E-state index contributed by atoms with van der Waals surface area (Å²) in [5.74, 6) is -0.113. The minimum Gasteiger partial charge on any atom is -0.376 e. The fourth-order valence-electron chi connectivity index (χ4n) is 3.99. The number of hydrogen-bond acceptors (Lipinski definition) is 5. The summed E-state index contributed by atoms with van der Waals surface area (Å²) < 4.78 is 34.1. The van der Waals surface area contributed by atoms with Crippen LogP contribution in [0.25, 0.3) is 0 Å². The number of carbonyl (C=O) groups is 1. The Balaban J connectivity index is 1.63. The van der Waals surface area contributed by atoms with Crippen molar-refractivity contribution in [3.8, 4) is 0 Å². The molecule has 0 radical (unpaired) electrons. The Labute approximate surface area is 183 Å². The third-order valence-electron chi connectivity index (χ3n) is 5.70. The van der Waals surface area contributed by atoms with Crippen LogP contribution < -0.4 is 5.32 Å². The number of ether oxygens (including phenoxy) is 1. The van der Waals surface area contributed by atoms with Gasteiger partial charge in [0.2, 0.25) is 15.0 Å². The summed E-state index contributed by atoms with van der Waals surface area (Å²) in [4.78, 5) is 18.7. The largest absolute Gasteiger partial charge is 0.376 e. The number of nitrogens with zero attached hydrogens (tertiary/aromatic N) is 3. The number of amides is 2. The summed E-state index contributed by atoms with van der Waals surface area (Å²) in [5.41, 5.74) is 1.44. The van der Waals surface area contributed by atoms with Crippen LogP contribution in [0.2, 0.25) is 0 Å². The van der Waals surface area contributed by atoms with Crippen molar-refractivity contribution in [2.45, 2.75) is 68.8 Å². The van der Waals surface area contributed by atoms with Crippen molar-refractivity contribution in [3.63, 3.8) is 0 Å². The number of sulfone groups is 1. The molecule has 0 spiro atoms. The van der Waals surface area contributed by atoms with Crippen LogP contribution in [0.15, 0.2) is 41.7 Å². The first-order chi connectivity index (χ1) is 15.0. The van der Waals surface area contributed by atoms with E-state index in [2.05, 4.69) is 10.3 Å². The summed E-state index contributed by atoms with van der Waals surface area (Å²) in [6, 6.07) is 9.20. The molecule has 1 aliphatic carbocycles. The molecule has 2 heterocycles. The number of hydrogen-bond donors (Lipinski definition) is 1. The van der Waals surface area contributed by atoms with E-state index in [0.29, 0.717) is 26.2 Å². The number of imidazole rings is 1. The van der Waals surface area contributed by atoms with Gasteiger partial charge in [0.05, 0.1) is 36.8 Å². The second kappa shape index (κ2) is 9.40. The predicted octanol–water partition coefficient (Wildman–Crippen LogP) is 2.73. The number of nitrogens with one attached hydrogen (secondary N) is 1. The molecule has 2 amide bonds. The van der Waals surface area contributed by atoms with Gasteiger partial charge in [-0.3, -0.25) is 0 Å². The Morgan fingerprint density at radius 2 is 2.03 bits per heavy atom. The van der Waals surface area contributed by atoms with Crippen LogP contribution in [0.5, 0.6) is 0 Å². The second-order valence-corrected chi connectivity index (χ2v) is 10.1. The first-order valence-electron chi connectivity index (χ1n) is 10.9. The minimum atomic E-state index is -3.66. The number of aromatic nitrogens is 2. The van der Waals surface area contributed by atoms with Crippen LogP contribution in [0.1, 0.15) is 43.9 Å². The maximum Gasteiger partial charge on any atom is 0.317 e. The van der Waals surface area contributed by atoms with Gasteiger partial charge >= 0.3 is 6.03 Å². The van der Waals surface area contributed by atoms with Gasteiger partial charge in [-0.25, -0.2) is 18.2 Å². The van der Waals surface area contributed by atoms with E-state index >= 15 is 0 Å². The SMILES string of the molecule is CCNC(=O)N(Cc1cnc(S(=O)(=O)Cc2ccccc2)n1C[C@@H]1CCCO1)C1CC1. The highest BCUT2D eigenvalue weighted by Gasteiger charge is 2.34. The molecule has 2 aliphatic rings. The van der Waals surface area contributed by atoms with E-state index in [1.54, 1.807) is 27.8 Å². The summed E-state index contributed by atoms with van der Waals surface area (Å²) in [7, 11) is -3.66. The quantitative estimate of drug-likeness (QED) is 0.639. The van der Waals surface area contributed by atoms with Crippen LogP contribution in [0.4, 0.5) is 4.79 Å². The van der Waals surface area contributed by atoms with E-state index in [-0.39, 0.29) is 29.1 Å². The summed E-state index contributed by atoms with van der Waals surface area (Å²) in [6.45, 7) is 3.88. The van der Waals surface area contributed by atoms with Gasteiger partial charge in [-0.2, -0.15) is 0 Å². The van der Waals surface area contributed by atoms with Crippen molar-refractivity contribution >= 4 is 15.9 Å². The minimum absolute atomic E-state index is 0.0440. The molecule has 4 rings (SSSR count). The van der Waals surface area contributed by atoms with Crippen molar-refractivity contribution in [1.82, 2.24) is 19.8 Å². The molecule has 0 bridgehead atoms. The van der Waals surface area contributed by atoms with Crippen molar-refractivity contribution < 1.29 is 17.9 Å². The van der Waals surface area contributed by atoms with E-state index in [0.717, 1.165) is 36.9 Å². The Hall–Kier alpha value is -2.39. The van der Waals surface area contributed by atoms with E-state index in [4.69, 9.17) is 4.74 Å². The molecular weight excluding hydrogens is 416 g/mol. The van der Waals surface area contributed by atoms with Gasteiger partial charge in [0, 0.05) is 19.2 Å². The highest BCUT2D eigenvalue weighted by molar-refractivity contribution is 7.90. The van der Waals surface area contributed by atoms with Crippen LogP contribution >= 0.6 is 0 Å². The zero-order chi connectivity index (χ0) is 21.8. The Kier molecular flexibility index (Phi) is 6.62. The van der Waals surface area contributed by atoms with Gasteiger partial charge in [0.1, 0.15) is 0 Å². The maximum absolute atomic E-state index is 13.3. The zero-order valence-electron chi connectivity index (χ0n) is 17.9. The second-order valence-electron chi connectivity index (χ2n) is 8.22. The van der Waals surface area contributed by atoms with E-state index in [1.165, 1.54) is 0 Å². The fraction of sp³-hybridized carbons (Fsp3) is 0.545. The third kappa shape index (κ3) is 5.27. The van der Waals surface area contributed by atoms with Crippen molar-refractivity contribution in [3.05, 3.63) is 47.8 Å². The Morgan fingerprint density at radius 3 is 2.68 bits per heavy atom. The zero-order valence-corrected chi connectivity index (χ0v) is 18.7. The number of rotatable bonds is 9. The van der Waals surface area contributed by atoms with E-state index in [1.807, 2.05) is 25.1 Å². The third-order valence-corrected chi connectivity index (χ3v) is 7.29. The molecule has 1 atom stereocenters. The Bertz CT molecular complexity index is 996. The maximum atomic E-state index is 13.3. The lowest BCUT2D eigenvalue weighted by atomic mass is 10.2. The number of carbonyl (C=O) groups excluding carboxylic acids is 1.